The van der Waals surface area contributed by atoms with Crippen LogP contribution in [0.1, 0.15) is 40.9 Å². The van der Waals surface area contributed by atoms with Gasteiger partial charge in [-0.1, -0.05) is 37.3 Å². The molecule has 7 nitrogen and oxygen atoms in total. The number of hydrogen-bond acceptors (Lipinski definition) is 5. The fourth-order valence-electron chi connectivity index (χ4n) is 4.36. The van der Waals surface area contributed by atoms with Gasteiger partial charge >= 0.3 is 0 Å². The molecule has 1 aliphatic rings. The Balaban J connectivity index is 1.61. The Bertz CT molecular complexity index is 1290. The molecule has 3 N–H and O–H groups in total. The lowest BCUT2D eigenvalue weighted by atomic mass is 10.0. The maximum atomic E-state index is 13.5. The largest absolute Gasteiger partial charge is 0.495 e. The third-order valence-corrected chi connectivity index (χ3v) is 8.00. The number of para-hydroxylation sites is 3. The summed E-state index contributed by atoms with van der Waals surface area (Å²) in [4.78, 5) is 12.9. The molecule has 172 valence electrons. The van der Waals surface area contributed by atoms with E-state index in [0.29, 0.717) is 42.1 Å². The van der Waals surface area contributed by atoms with Crippen LogP contribution in [0.15, 0.2) is 71.6 Å². The zero-order valence-corrected chi connectivity index (χ0v) is 19.4. The molecule has 1 amide bonds. The molecule has 0 radical (unpaired) electrons. The van der Waals surface area contributed by atoms with Crippen LogP contribution < -0.4 is 15.8 Å². The third-order valence-electron chi connectivity index (χ3n) is 5.98. The molecule has 1 atom stereocenters. The summed E-state index contributed by atoms with van der Waals surface area (Å²) in [5, 5.41) is 2.84. The highest BCUT2D eigenvalue weighted by molar-refractivity contribution is 7.89. The van der Waals surface area contributed by atoms with E-state index in [1.165, 1.54) is 11.4 Å². The lowest BCUT2D eigenvalue weighted by Crippen LogP contribution is -2.34. The first-order valence-electron chi connectivity index (χ1n) is 10.8. The van der Waals surface area contributed by atoms with Crippen molar-refractivity contribution < 1.29 is 17.9 Å². The Hall–Kier alpha value is -3.36. The molecule has 0 spiro atoms. The monoisotopic (exact) mass is 465 g/mol. The van der Waals surface area contributed by atoms with Crippen molar-refractivity contribution in [2.75, 3.05) is 24.7 Å². The number of aryl methyl sites for hydroxylation is 1. The van der Waals surface area contributed by atoms with Crippen LogP contribution in [-0.4, -0.2) is 32.3 Å². The summed E-state index contributed by atoms with van der Waals surface area (Å²) in [6.07, 6.45) is 1.33. The number of nitrogens with two attached hydrogens (primary N) is 1. The Morgan fingerprint density at radius 1 is 1.12 bits per heavy atom. The summed E-state index contributed by atoms with van der Waals surface area (Å²) in [6, 6.07) is 18.9. The predicted molar refractivity (Wildman–Crippen MR) is 129 cm³/mol. The molecule has 0 saturated carbocycles. The summed E-state index contributed by atoms with van der Waals surface area (Å²) in [6.45, 7) is 2.15. The Labute approximate surface area is 194 Å². The van der Waals surface area contributed by atoms with Gasteiger partial charge in [0.2, 0.25) is 10.0 Å². The standard InChI is InChI=1S/C25H27N3O4S/c1-3-28(33(30,31)24-11-7-6-10-23(24)32-2)22-15-13-17-16-18(12-14-19(17)22)25(29)27-21-9-5-4-8-20(21)26/h4-12,14,16,22H,3,13,15,26H2,1-2H3,(H,27,29). The van der Waals surface area contributed by atoms with Crippen molar-refractivity contribution in [1.82, 2.24) is 4.31 Å². The third kappa shape index (κ3) is 4.31. The minimum Gasteiger partial charge on any atom is -0.495 e. The maximum absolute atomic E-state index is 13.5. The fraction of sp³-hybridized carbons (Fsp3) is 0.240. The van der Waals surface area contributed by atoms with Crippen LogP contribution in [0.5, 0.6) is 5.75 Å². The van der Waals surface area contributed by atoms with Crippen LogP contribution in [0.25, 0.3) is 0 Å². The minimum absolute atomic E-state index is 0.152. The van der Waals surface area contributed by atoms with Gasteiger partial charge in [0, 0.05) is 12.1 Å². The highest BCUT2D eigenvalue weighted by Crippen LogP contribution is 2.40. The lowest BCUT2D eigenvalue weighted by Gasteiger charge is -2.28. The molecular weight excluding hydrogens is 438 g/mol. The van der Waals surface area contributed by atoms with Crippen LogP contribution in [0.2, 0.25) is 0 Å². The summed E-state index contributed by atoms with van der Waals surface area (Å²) < 4.78 is 33.9. The number of fused-ring (bicyclic) bond motifs is 1. The average Bonchev–Trinajstić information content (AvgIpc) is 3.23. The van der Waals surface area contributed by atoms with E-state index < -0.39 is 10.0 Å². The average molecular weight is 466 g/mol. The first kappa shape index (κ1) is 22.8. The van der Waals surface area contributed by atoms with E-state index in [4.69, 9.17) is 10.5 Å². The number of carbonyl (C=O) groups excluding carboxylic acids is 1. The molecule has 0 aromatic heterocycles. The summed E-state index contributed by atoms with van der Waals surface area (Å²) in [7, 11) is -2.31. The Morgan fingerprint density at radius 3 is 2.58 bits per heavy atom. The molecule has 0 saturated heterocycles. The van der Waals surface area contributed by atoms with E-state index in [1.54, 1.807) is 54.6 Å². The molecule has 3 aromatic carbocycles. The molecule has 0 heterocycles. The first-order valence-corrected chi connectivity index (χ1v) is 12.2. The van der Waals surface area contributed by atoms with Crippen LogP contribution >= 0.6 is 0 Å². The molecule has 3 aromatic rings. The van der Waals surface area contributed by atoms with Crippen LogP contribution in [0, 0.1) is 0 Å². The second-order valence-corrected chi connectivity index (χ2v) is 9.73. The molecule has 4 rings (SSSR count). The fourth-order valence-corrected chi connectivity index (χ4v) is 6.16. The highest BCUT2D eigenvalue weighted by Gasteiger charge is 2.36. The molecule has 0 fully saturated rings. The zero-order chi connectivity index (χ0) is 23.6. The van der Waals surface area contributed by atoms with Crippen molar-refractivity contribution in [3.8, 4) is 5.75 Å². The lowest BCUT2D eigenvalue weighted by molar-refractivity contribution is 0.102. The molecule has 1 aliphatic carbocycles. The van der Waals surface area contributed by atoms with Crippen molar-refractivity contribution in [1.29, 1.82) is 0 Å². The van der Waals surface area contributed by atoms with Gasteiger partial charge in [0.15, 0.2) is 0 Å². The summed E-state index contributed by atoms with van der Waals surface area (Å²) in [5.74, 6) is 0.0644. The number of hydrogen-bond donors (Lipinski definition) is 2. The van der Waals surface area contributed by atoms with Crippen molar-refractivity contribution in [2.45, 2.75) is 30.7 Å². The van der Waals surface area contributed by atoms with E-state index in [9.17, 15) is 13.2 Å². The quantitative estimate of drug-likeness (QED) is 0.509. The first-order chi connectivity index (χ1) is 15.9. The van der Waals surface area contributed by atoms with Gasteiger partial charge in [-0.25, -0.2) is 8.42 Å². The van der Waals surface area contributed by atoms with Gasteiger partial charge in [-0.2, -0.15) is 4.31 Å². The van der Waals surface area contributed by atoms with E-state index in [0.717, 1.165) is 11.1 Å². The van der Waals surface area contributed by atoms with Gasteiger partial charge in [0.25, 0.3) is 5.91 Å². The van der Waals surface area contributed by atoms with Crippen molar-refractivity contribution in [3.05, 3.63) is 83.4 Å². The molecule has 0 bridgehead atoms. The number of methoxy groups -OCH3 is 1. The zero-order valence-electron chi connectivity index (χ0n) is 18.6. The van der Waals surface area contributed by atoms with E-state index >= 15 is 0 Å². The van der Waals surface area contributed by atoms with Gasteiger partial charge in [-0.15, -0.1) is 0 Å². The number of anilines is 2. The molecule has 1 unspecified atom stereocenters. The van der Waals surface area contributed by atoms with Crippen LogP contribution in [0.3, 0.4) is 0 Å². The number of ether oxygens (including phenoxy) is 1. The second-order valence-electron chi connectivity index (χ2n) is 7.87. The van der Waals surface area contributed by atoms with Crippen LogP contribution in [-0.2, 0) is 16.4 Å². The molecule has 0 aliphatic heterocycles. The minimum atomic E-state index is -3.78. The second kappa shape index (κ2) is 9.25. The number of rotatable bonds is 7. The Morgan fingerprint density at radius 2 is 1.85 bits per heavy atom. The number of nitrogen functional groups attached to an aromatic ring is 1. The van der Waals surface area contributed by atoms with Crippen molar-refractivity contribution in [3.63, 3.8) is 0 Å². The van der Waals surface area contributed by atoms with Gasteiger partial charge in [-0.3, -0.25) is 4.79 Å². The van der Waals surface area contributed by atoms with Crippen molar-refractivity contribution >= 4 is 27.3 Å². The number of nitrogens with zero attached hydrogens (tertiary/aromatic N) is 1. The number of amides is 1. The molecule has 8 heteroatoms. The topological polar surface area (TPSA) is 102 Å². The summed E-state index contributed by atoms with van der Waals surface area (Å²) >= 11 is 0. The number of sulfonamides is 1. The number of nitrogens with one attached hydrogen (secondary N) is 1. The van der Waals surface area contributed by atoms with E-state index in [-0.39, 0.29) is 16.8 Å². The highest BCUT2D eigenvalue weighted by atomic mass is 32.2. The number of carbonyl (C=O) groups is 1. The SMILES string of the molecule is CCN(C1CCc2cc(C(=O)Nc3ccccc3N)ccc21)S(=O)(=O)c1ccccc1OC. The predicted octanol–water partition coefficient (Wildman–Crippen LogP) is 4.23. The summed E-state index contributed by atoms with van der Waals surface area (Å²) in [5.41, 5.74) is 9.38. The van der Waals surface area contributed by atoms with E-state index in [1.807, 2.05) is 19.1 Å². The van der Waals surface area contributed by atoms with Crippen LogP contribution in [0.4, 0.5) is 11.4 Å². The van der Waals surface area contributed by atoms with E-state index in [2.05, 4.69) is 5.32 Å². The van der Waals surface area contributed by atoms with Crippen molar-refractivity contribution in [2.24, 2.45) is 0 Å². The number of benzene rings is 3. The van der Waals surface area contributed by atoms with Gasteiger partial charge in [0.05, 0.1) is 24.5 Å². The maximum Gasteiger partial charge on any atom is 0.255 e. The normalized spacial score (nSPS) is 15.3. The smallest absolute Gasteiger partial charge is 0.255 e. The molecular formula is C25H27N3O4S. The van der Waals surface area contributed by atoms with Gasteiger partial charge in [-0.05, 0) is 60.4 Å². The molecule has 33 heavy (non-hydrogen) atoms. The Kier molecular flexibility index (Phi) is 6.40. The van der Waals surface area contributed by atoms with Gasteiger partial charge in [0.1, 0.15) is 10.6 Å². The van der Waals surface area contributed by atoms with Gasteiger partial charge < -0.3 is 15.8 Å².